The summed E-state index contributed by atoms with van der Waals surface area (Å²) < 4.78 is 0. The highest BCUT2D eigenvalue weighted by Crippen LogP contribution is 2.31. The molecule has 1 unspecified atom stereocenters. The Morgan fingerprint density at radius 1 is 1.07 bits per heavy atom. The number of hydrogen-bond acceptors (Lipinski definition) is 0. The second kappa shape index (κ2) is 5.34. The average Bonchev–Trinajstić information content (AvgIpc) is 2.31. The summed E-state index contributed by atoms with van der Waals surface area (Å²) in [5.74, 6) is 1.49. The van der Waals surface area contributed by atoms with Crippen LogP contribution in [-0.2, 0) is 0 Å². The van der Waals surface area contributed by atoms with E-state index < -0.39 is 0 Å². The second-order valence-corrected chi connectivity index (χ2v) is 4.79. The van der Waals surface area contributed by atoms with Gasteiger partial charge in [0.1, 0.15) is 0 Å². The summed E-state index contributed by atoms with van der Waals surface area (Å²) >= 11 is 0. The van der Waals surface area contributed by atoms with Gasteiger partial charge in [-0.3, -0.25) is 0 Å². The fourth-order valence-corrected chi connectivity index (χ4v) is 2.60. The van der Waals surface area contributed by atoms with Crippen LogP contribution in [0.1, 0.15) is 50.5 Å². The van der Waals surface area contributed by atoms with Crippen molar-refractivity contribution in [1.29, 1.82) is 0 Å². The smallest absolute Gasteiger partial charge is 0.0156 e. The molecule has 2 rings (SSSR count). The molecule has 0 aliphatic heterocycles. The van der Waals surface area contributed by atoms with Gasteiger partial charge in [0, 0.05) is 0 Å². The third-order valence-electron chi connectivity index (χ3n) is 3.54. The van der Waals surface area contributed by atoms with Crippen molar-refractivity contribution in [2.24, 2.45) is 5.92 Å². The van der Waals surface area contributed by atoms with Crippen molar-refractivity contribution in [2.75, 3.05) is 0 Å². The van der Waals surface area contributed by atoms with Gasteiger partial charge in [-0.15, -0.1) is 0 Å². The van der Waals surface area contributed by atoms with Gasteiger partial charge < -0.3 is 0 Å². The van der Waals surface area contributed by atoms with E-state index in [2.05, 4.69) is 43.7 Å². The summed E-state index contributed by atoms with van der Waals surface area (Å²) in [5.41, 5.74) is 1.46. The Morgan fingerprint density at radius 3 is 2.40 bits per heavy atom. The Bertz CT molecular complexity index is 269. The lowest BCUT2D eigenvalue weighted by molar-refractivity contribution is 0.385. The predicted octanol–water partition coefficient (Wildman–Crippen LogP) is 4.57. The van der Waals surface area contributed by atoms with Gasteiger partial charge in [0.2, 0.25) is 0 Å². The average molecular weight is 201 g/mol. The van der Waals surface area contributed by atoms with E-state index in [4.69, 9.17) is 0 Å². The molecule has 0 heterocycles. The lowest BCUT2D eigenvalue weighted by atomic mass is 9.81. The van der Waals surface area contributed by atoms with Crippen LogP contribution in [0.4, 0.5) is 0 Å². The molecule has 1 radical (unpaired) electrons. The van der Waals surface area contributed by atoms with Crippen molar-refractivity contribution < 1.29 is 0 Å². The van der Waals surface area contributed by atoms with Gasteiger partial charge in [-0.25, -0.2) is 0 Å². The van der Waals surface area contributed by atoms with Crippen LogP contribution in [0, 0.1) is 12.3 Å². The molecule has 0 amide bonds. The molecule has 1 aromatic carbocycles. The molecule has 15 heavy (non-hydrogen) atoms. The first-order chi connectivity index (χ1) is 7.36. The molecule has 1 fully saturated rings. The number of benzene rings is 1. The first-order valence-electron chi connectivity index (χ1n) is 6.26. The van der Waals surface area contributed by atoms with Crippen molar-refractivity contribution in [3.05, 3.63) is 42.3 Å². The Balaban J connectivity index is 1.88. The maximum absolute atomic E-state index is 2.56. The number of rotatable bonds is 3. The Labute approximate surface area is 93.7 Å². The highest BCUT2D eigenvalue weighted by molar-refractivity contribution is 5.21. The molecule has 0 aromatic heterocycles. The molecule has 81 valence electrons. The summed E-state index contributed by atoms with van der Waals surface area (Å²) in [5, 5.41) is 0. The summed E-state index contributed by atoms with van der Waals surface area (Å²) in [6.07, 6.45) is 9.71. The van der Waals surface area contributed by atoms with Crippen molar-refractivity contribution >= 4 is 0 Å². The van der Waals surface area contributed by atoms with Crippen LogP contribution in [-0.4, -0.2) is 0 Å². The largest absolute Gasteiger partial charge is 0.0622 e. The van der Waals surface area contributed by atoms with E-state index in [1.807, 2.05) is 0 Å². The molecule has 1 aliphatic rings. The minimum atomic E-state index is 0.620. The van der Waals surface area contributed by atoms with E-state index in [-0.39, 0.29) is 0 Å². The zero-order chi connectivity index (χ0) is 10.5. The molecule has 1 atom stereocenters. The first-order valence-corrected chi connectivity index (χ1v) is 6.26. The maximum atomic E-state index is 2.56. The molecule has 0 N–H and O–H groups in total. The Morgan fingerprint density at radius 2 is 1.73 bits per heavy atom. The van der Waals surface area contributed by atoms with Crippen LogP contribution in [0.15, 0.2) is 30.3 Å². The molecule has 0 nitrogen and oxygen atoms in total. The van der Waals surface area contributed by atoms with Crippen molar-refractivity contribution in [2.45, 2.75) is 44.9 Å². The summed E-state index contributed by atoms with van der Waals surface area (Å²) in [4.78, 5) is 0. The van der Waals surface area contributed by atoms with Gasteiger partial charge in [-0.1, -0.05) is 69.4 Å². The Hall–Kier alpha value is -0.780. The summed E-state index contributed by atoms with van der Waals surface area (Å²) in [7, 11) is 0. The monoisotopic (exact) mass is 201 g/mol. The fourth-order valence-electron chi connectivity index (χ4n) is 2.60. The fraction of sp³-hybridized carbons (Fsp3) is 0.533. The van der Waals surface area contributed by atoms with E-state index in [0.717, 1.165) is 5.92 Å². The van der Waals surface area contributed by atoms with Gasteiger partial charge >= 0.3 is 0 Å². The molecule has 0 saturated heterocycles. The first kappa shape index (κ1) is 10.7. The van der Waals surface area contributed by atoms with Gasteiger partial charge in [-0.05, 0) is 23.8 Å². The van der Waals surface area contributed by atoms with Crippen LogP contribution >= 0.6 is 0 Å². The zero-order valence-electron chi connectivity index (χ0n) is 9.65. The standard InChI is InChI=1S/C15H21/c1-13(15-10-6-3-7-11-15)12-14-8-4-2-5-9-14/h3,6-7,10-14H,2,4-5,8-9H2,1H3. The van der Waals surface area contributed by atoms with E-state index in [9.17, 15) is 0 Å². The van der Waals surface area contributed by atoms with Crippen LogP contribution in [0.25, 0.3) is 0 Å². The van der Waals surface area contributed by atoms with E-state index >= 15 is 0 Å². The lowest BCUT2D eigenvalue weighted by Gasteiger charge is -2.24. The molecular weight excluding hydrogens is 180 g/mol. The van der Waals surface area contributed by atoms with Crippen molar-refractivity contribution in [1.82, 2.24) is 0 Å². The van der Waals surface area contributed by atoms with Crippen LogP contribution in [0.2, 0.25) is 0 Å². The van der Waals surface area contributed by atoms with Gasteiger partial charge in [0.05, 0.1) is 0 Å². The normalized spacial score (nSPS) is 20.1. The highest BCUT2D eigenvalue weighted by atomic mass is 14.2. The highest BCUT2D eigenvalue weighted by Gasteiger charge is 2.17. The third kappa shape index (κ3) is 3.09. The zero-order valence-corrected chi connectivity index (χ0v) is 9.65. The Kier molecular flexibility index (Phi) is 3.82. The molecule has 1 aromatic rings. The minimum absolute atomic E-state index is 0.620. The van der Waals surface area contributed by atoms with Gasteiger partial charge in [0.15, 0.2) is 0 Å². The van der Waals surface area contributed by atoms with E-state index in [1.54, 1.807) is 0 Å². The maximum Gasteiger partial charge on any atom is -0.0156 e. The van der Waals surface area contributed by atoms with Crippen LogP contribution in [0.5, 0.6) is 0 Å². The van der Waals surface area contributed by atoms with E-state index in [0.29, 0.717) is 5.92 Å². The third-order valence-corrected chi connectivity index (χ3v) is 3.54. The van der Waals surface area contributed by atoms with Crippen molar-refractivity contribution in [3.8, 4) is 0 Å². The molecule has 1 saturated carbocycles. The van der Waals surface area contributed by atoms with Crippen LogP contribution < -0.4 is 0 Å². The quantitative estimate of drug-likeness (QED) is 0.671. The lowest BCUT2D eigenvalue weighted by Crippen LogP contribution is -2.10. The van der Waals surface area contributed by atoms with Gasteiger partial charge in [0.25, 0.3) is 0 Å². The van der Waals surface area contributed by atoms with E-state index in [1.165, 1.54) is 37.7 Å². The topological polar surface area (TPSA) is 0 Å². The molecule has 0 spiro atoms. The SMILES string of the molecule is CC([CH]C1CCCCC1)c1ccccc1. The second-order valence-electron chi connectivity index (χ2n) is 4.79. The molecule has 0 heteroatoms. The molecular formula is C15H21. The molecule has 0 bridgehead atoms. The predicted molar refractivity (Wildman–Crippen MR) is 65.7 cm³/mol. The minimum Gasteiger partial charge on any atom is -0.0622 e. The molecule has 1 aliphatic carbocycles. The van der Waals surface area contributed by atoms with Gasteiger partial charge in [-0.2, -0.15) is 0 Å². The number of hydrogen-bond donors (Lipinski definition) is 0. The summed E-state index contributed by atoms with van der Waals surface area (Å²) in [6, 6.07) is 10.9. The van der Waals surface area contributed by atoms with Crippen molar-refractivity contribution in [3.63, 3.8) is 0 Å². The van der Waals surface area contributed by atoms with Crippen LogP contribution in [0.3, 0.4) is 0 Å². The summed E-state index contributed by atoms with van der Waals surface area (Å²) in [6.45, 7) is 2.32.